The number of aryl methyl sites for hydroxylation is 1. The van der Waals surface area contributed by atoms with E-state index in [2.05, 4.69) is 27.9 Å². The molecule has 0 unspecified atom stereocenters. The molecule has 0 aromatic carbocycles. The number of nitrogens with one attached hydrogen (secondary N) is 2. The van der Waals surface area contributed by atoms with E-state index in [0.717, 1.165) is 18.5 Å². The molecule has 2 N–H and O–H groups in total. The van der Waals surface area contributed by atoms with Gasteiger partial charge in [0.2, 0.25) is 0 Å². The van der Waals surface area contributed by atoms with Crippen LogP contribution in [0.5, 0.6) is 0 Å². The summed E-state index contributed by atoms with van der Waals surface area (Å²) in [5, 5.41) is 10.5. The number of hydrogen-bond acceptors (Lipinski definition) is 4. The fourth-order valence-corrected chi connectivity index (χ4v) is 2.85. The third-order valence-electron chi connectivity index (χ3n) is 3.06. The second-order valence-corrected chi connectivity index (χ2v) is 5.89. The van der Waals surface area contributed by atoms with Crippen LogP contribution in [-0.2, 0) is 6.54 Å². The molecule has 4 nitrogen and oxygen atoms in total. The van der Waals surface area contributed by atoms with E-state index in [-0.39, 0.29) is 5.91 Å². The number of thiophene rings is 1. The van der Waals surface area contributed by atoms with Crippen LogP contribution >= 0.6 is 22.9 Å². The van der Waals surface area contributed by atoms with Gasteiger partial charge in [0.15, 0.2) is 0 Å². The molecule has 0 aliphatic rings. The summed E-state index contributed by atoms with van der Waals surface area (Å²) >= 11 is 7.70. The number of carbonyl (C=O) groups excluding carboxylic acids is 1. The van der Waals surface area contributed by atoms with Crippen molar-refractivity contribution < 1.29 is 4.79 Å². The molecule has 0 saturated heterocycles. The SMILES string of the molecule is CCCNc1cc(C(=O)NCc2cscc2C)c(Cl)cn1. The van der Waals surface area contributed by atoms with Crippen molar-refractivity contribution in [3.05, 3.63) is 44.7 Å². The number of anilines is 1. The van der Waals surface area contributed by atoms with Crippen LogP contribution in [0.3, 0.4) is 0 Å². The van der Waals surface area contributed by atoms with Gasteiger partial charge in [0.1, 0.15) is 5.82 Å². The second-order valence-electron chi connectivity index (χ2n) is 4.74. The zero-order chi connectivity index (χ0) is 15.2. The summed E-state index contributed by atoms with van der Waals surface area (Å²) in [6.45, 7) is 5.41. The van der Waals surface area contributed by atoms with Crippen molar-refractivity contribution in [3.8, 4) is 0 Å². The minimum atomic E-state index is -0.187. The van der Waals surface area contributed by atoms with Crippen LogP contribution < -0.4 is 10.6 Å². The van der Waals surface area contributed by atoms with E-state index in [1.165, 1.54) is 11.8 Å². The quantitative estimate of drug-likeness (QED) is 0.848. The van der Waals surface area contributed by atoms with Gasteiger partial charge in [-0.15, -0.1) is 0 Å². The molecule has 1 amide bonds. The zero-order valence-electron chi connectivity index (χ0n) is 12.1. The van der Waals surface area contributed by atoms with E-state index in [4.69, 9.17) is 11.6 Å². The standard InChI is InChI=1S/C15H18ClN3OS/c1-3-4-17-14-5-12(13(16)7-18-14)15(20)19-6-11-9-21-8-10(11)2/h5,7-9H,3-4,6H2,1-2H3,(H,17,18)(H,19,20). The minimum Gasteiger partial charge on any atom is -0.370 e. The van der Waals surface area contributed by atoms with Gasteiger partial charge in [-0.2, -0.15) is 11.3 Å². The van der Waals surface area contributed by atoms with E-state index in [9.17, 15) is 4.79 Å². The maximum atomic E-state index is 12.3. The van der Waals surface area contributed by atoms with Crippen LogP contribution in [0.25, 0.3) is 0 Å². The third-order valence-corrected chi connectivity index (χ3v) is 4.27. The van der Waals surface area contributed by atoms with E-state index < -0.39 is 0 Å². The van der Waals surface area contributed by atoms with Crippen molar-refractivity contribution in [2.45, 2.75) is 26.8 Å². The first kappa shape index (κ1) is 15.8. The Hall–Kier alpha value is -1.59. The van der Waals surface area contributed by atoms with Crippen molar-refractivity contribution in [2.24, 2.45) is 0 Å². The van der Waals surface area contributed by atoms with Crippen molar-refractivity contribution >= 4 is 34.7 Å². The molecule has 0 spiro atoms. The van der Waals surface area contributed by atoms with E-state index >= 15 is 0 Å². The van der Waals surface area contributed by atoms with Gasteiger partial charge in [0, 0.05) is 19.3 Å². The van der Waals surface area contributed by atoms with E-state index in [1.807, 2.05) is 12.3 Å². The molecule has 0 bridgehead atoms. The van der Waals surface area contributed by atoms with Gasteiger partial charge < -0.3 is 10.6 Å². The van der Waals surface area contributed by atoms with Crippen molar-refractivity contribution in [1.82, 2.24) is 10.3 Å². The highest BCUT2D eigenvalue weighted by atomic mass is 35.5. The largest absolute Gasteiger partial charge is 0.370 e. The molecule has 112 valence electrons. The summed E-state index contributed by atoms with van der Waals surface area (Å²) in [5.74, 6) is 0.477. The van der Waals surface area contributed by atoms with Gasteiger partial charge >= 0.3 is 0 Å². The fraction of sp³-hybridized carbons (Fsp3) is 0.333. The summed E-state index contributed by atoms with van der Waals surface area (Å²) < 4.78 is 0. The predicted molar refractivity (Wildman–Crippen MR) is 88.3 cm³/mol. The van der Waals surface area contributed by atoms with Crippen LogP contribution in [-0.4, -0.2) is 17.4 Å². The number of hydrogen-bond donors (Lipinski definition) is 2. The molecule has 2 aromatic rings. The van der Waals surface area contributed by atoms with E-state index in [1.54, 1.807) is 17.4 Å². The number of amides is 1. The molecule has 0 radical (unpaired) electrons. The molecule has 0 saturated carbocycles. The van der Waals surface area contributed by atoms with E-state index in [0.29, 0.717) is 22.9 Å². The Kier molecular flexibility index (Phi) is 5.59. The highest BCUT2D eigenvalue weighted by Crippen LogP contribution is 2.19. The molecule has 2 aromatic heterocycles. The lowest BCUT2D eigenvalue weighted by molar-refractivity contribution is 0.0951. The number of nitrogens with zero attached hydrogens (tertiary/aromatic N) is 1. The average Bonchev–Trinajstić information content (AvgIpc) is 2.89. The first-order valence-electron chi connectivity index (χ1n) is 6.81. The highest BCUT2D eigenvalue weighted by Gasteiger charge is 2.12. The molecular formula is C15H18ClN3OS. The summed E-state index contributed by atoms with van der Waals surface area (Å²) in [5.41, 5.74) is 2.76. The Labute approximate surface area is 133 Å². The van der Waals surface area contributed by atoms with Gasteiger partial charge in [0.25, 0.3) is 5.91 Å². The van der Waals surface area contributed by atoms with Gasteiger partial charge in [-0.05, 0) is 41.3 Å². The fourth-order valence-electron chi connectivity index (χ4n) is 1.80. The predicted octanol–water partition coefficient (Wildman–Crippen LogP) is 3.86. The molecule has 2 rings (SSSR count). The van der Waals surface area contributed by atoms with Gasteiger partial charge in [-0.3, -0.25) is 4.79 Å². The lowest BCUT2D eigenvalue weighted by Gasteiger charge is -2.09. The Balaban J connectivity index is 2.05. The Morgan fingerprint density at radius 1 is 1.43 bits per heavy atom. The zero-order valence-corrected chi connectivity index (χ0v) is 13.6. The number of halogens is 1. The summed E-state index contributed by atoms with van der Waals surface area (Å²) in [4.78, 5) is 16.4. The molecule has 0 atom stereocenters. The van der Waals surface area contributed by atoms with Crippen LogP contribution in [0.4, 0.5) is 5.82 Å². The maximum Gasteiger partial charge on any atom is 0.253 e. The van der Waals surface area contributed by atoms with Crippen molar-refractivity contribution in [2.75, 3.05) is 11.9 Å². The molecule has 0 fully saturated rings. The van der Waals surface area contributed by atoms with Crippen LogP contribution in [0.1, 0.15) is 34.8 Å². The Morgan fingerprint density at radius 3 is 2.90 bits per heavy atom. The Bertz CT molecular complexity index is 627. The van der Waals surface area contributed by atoms with Gasteiger partial charge in [0.05, 0.1) is 10.6 Å². The van der Waals surface area contributed by atoms with Crippen LogP contribution in [0.15, 0.2) is 23.0 Å². The molecule has 6 heteroatoms. The lowest BCUT2D eigenvalue weighted by atomic mass is 10.2. The lowest BCUT2D eigenvalue weighted by Crippen LogP contribution is -2.23. The molecule has 2 heterocycles. The van der Waals surface area contributed by atoms with Crippen molar-refractivity contribution in [1.29, 1.82) is 0 Å². The first-order chi connectivity index (χ1) is 10.1. The number of rotatable bonds is 6. The van der Waals surface area contributed by atoms with Gasteiger partial charge in [-0.1, -0.05) is 18.5 Å². The van der Waals surface area contributed by atoms with Gasteiger partial charge in [-0.25, -0.2) is 4.98 Å². The Morgan fingerprint density at radius 2 is 2.24 bits per heavy atom. The highest BCUT2D eigenvalue weighted by molar-refractivity contribution is 7.08. The van der Waals surface area contributed by atoms with Crippen LogP contribution in [0, 0.1) is 6.92 Å². The summed E-state index contributed by atoms with van der Waals surface area (Å²) in [7, 11) is 0. The topological polar surface area (TPSA) is 54.0 Å². The number of aromatic nitrogens is 1. The smallest absolute Gasteiger partial charge is 0.253 e. The number of carbonyl (C=O) groups is 1. The minimum absolute atomic E-state index is 0.187. The summed E-state index contributed by atoms with van der Waals surface area (Å²) in [6, 6.07) is 1.69. The maximum absolute atomic E-state index is 12.3. The number of pyridine rings is 1. The molecule has 0 aliphatic heterocycles. The monoisotopic (exact) mass is 323 g/mol. The third kappa shape index (κ3) is 4.19. The molecular weight excluding hydrogens is 306 g/mol. The average molecular weight is 324 g/mol. The molecule has 21 heavy (non-hydrogen) atoms. The normalized spacial score (nSPS) is 10.4. The van der Waals surface area contributed by atoms with Crippen molar-refractivity contribution in [3.63, 3.8) is 0 Å². The summed E-state index contributed by atoms with van der Waals surface area (Å²) in [6.07, 6.45) is 2.49. The molecule has 0 aliphatic carbocycles. The first-order valence-corrected chi connectivity index (χ1v) is 8.13. The van der Waals surface area contributed by atoms with Crippen LogP contribution in [0.2, 0.25) is 5.02 Å². The second kappa shape index (κ2) is 7.43.